The number of urea groups is 1. The summed E-state index contributed by atoms with van der Waals surface area (Å²) in [4.78, 5) is 11.8. The van der Waals surface area contributed by atoms with Gasteiger partial charge in [0, 0.05) is 27.0 Å². The maximum absolute atomic E-state index is 11.8. The van der Waals surface area contributed by atoms with Gasteiger partial charge in [-0.3, -0.25) is 0 Å². The number of nitrogens with one attached hydrogen (secondary N) is 2. The standard InChI is InChI=1S/C15H10Cl2N2O/c1-2-10-3-5-13(6-4-10)18-15(20)19-14-8-11(16)7-12(17)9-14/h1,3-9H,(H2,18,19,20). The van der Waals surface area contributed by atoms with Crippen molar-refractivity contribution < 1.29 is 4.79 Å². The maximum Gasteiger partial charge on any atom is 0.323 e. The van der Waals surface area contributed by atoms with E-state index in [0.717, 1.165) is 5.56 Å². The number of halogens is 2. The fourth-order valence-corrected chi connectivity index (χ4v) is 2.10. The summed E-state index contributed by atoms with van der Waals surface area (Å²) in [5, 5.41) is 6.22. The van der Waals surface area contributed by atoms with E-state index in [-0.39, 0.29) is 0 Å². The van der Waals surface area contributed by atoms with E-state index in [9.17, 15) is 4.79 Å². The highest BCUT2D eigenvalue weighted by Gasteiger charge is 2.04. The first kappa shape index (κ1) is 14.3. The van der Waals surface area contributed by atoms with E-state index < -0.39 is 6.03 Å². The molecule has 2 aromatic rings. The molecule has 0 aliphatic heterocycles. The molecule has 0 aromatic heterocycles. The zero-order valence-corrected chi connectivity index (χ0v) is 11.8. The van der Waals surface area contributed by atoms with Crippen LogP contribution in [0.3, 0.4) is 0 Å². The van der Waals surface area contributed by atoms with Crippen LogP contribution in [0.15, 0.2) is 42.5 Å². The van der Waals surface area contributed by atoms with Crippen molar-refractivity contribution in [2.45, 2.75) is 0 Å². The molecule has 20 heavy (non-hydrogen) atoms. The minimum atomic E-state index is -0.392. The molecule has 0 saturated heterocycles. The minimum absolute atomic E-state index is 0.392. The zero-order valence-electron chi connectivity index (χ0n) is 10.3. The second kappa shape index (κ2) is 6.33. The molecule has 3 nitrogen and oxygen atoms in total. The molecular formula is C15H10Cl2N2O. The summed E-state index contributed by atoms with van der Waals surface area (Å²) < 4.78 is 0. The van der Waals surface area contributed by atoms with Crippen LogP contribution in [0.1, 0.15) is 5.56 Å². The van der Waals surface area contributed by atoms with E-state index in [2.05, 4.69) is 16.6 Å². The van der Waals surface area contributed by atoms with E-state index in [1.165, 1.54) is 0 Å². The third kappa shape index (κ3) is 3.92. The Morgan fingerprint density at radius 1 is 0.950 bits per heavy atom. The van der Waals surface area contributed by atoms with Crippen LogP contribution in [0.25, 0.3) is 0 Å². The average molecular weight is 305 g/mol. The lowest BCUT2D eigenvalue weighted by Gasteiger charge is -2.08. The Balaban J connectivity index is 2.03. The van der Waals surface area contributed by atoms with Crippen molar-refractivity contribution in [3.8, 4) is 12.3 Å². The summed E-state index contributed by atoms with van der Waals surface area (Å²) in [7, 11) is 0. The Labute approximate surface area is 126 Å². The molecule has 0 unspecified atom stereocenters. The summed E-state index contributed by atoms with van der Waals surface area (Å²) in [6.45, 7) is 0. The molecule has 2 amide bonds. The highest BCUT2D eigenvalue weighted by atomic mass is 35.5. The van der Waals surface area contributed by atoms with Crippen LogP contribution in [-0.4, -0.2) is 6.03 Å². The van der Waals surface area contributed by atoms with Crippen LogP contribution < -0.4 is 10.6 Å². The molecule has 0 bridgehead atoms. The molecule has 100 valence electrons. The number of benzene rings is 2. The lowest BCUT2D eigenvalue weighted by atomic mass is 10.2. The van der Waals surface area contributed by atoms with Gasteiger partial charge < -0.3 is 10.6 Å². The van der Waals surface area contributed by atoms with E-state index in [1.807, 2.05) is 0 Å². The number of hydrogen-bond acceptors (Lipinski definition) is 1. The molecule has 0 saturated carbocycles. The molecule has 0 fully saturated rings. The van der Waals surface area contributed by atoms with Crippen molar-refractivity contribution >= 4 is 40.6 Å². The van der Waals surface area contributed by atoms with Crippen molar-refractivity contribution in [1.29, 1.82) is 0 Å². The van der Waals surface area contributed by atoms with Crippen molar-refractivity contribution in [1.82, 2.24) is 0 Å². The number of rotatable bonds is 2. The molecule has 0 heterocycles. The minimum Gasteiger partial charge on any atom is -0.308 e. The molecule has 0 aliphatic rings. The fraction of sp³-hybridized carbons (Fsp3) is 0. The van der Waals surface area contributed by atoms with E-state index >= 15 is 0 Å². The highest BCUT2D eigenvalue weighted by molar-refractivity contribution is 6.35. The molecule has 0 aliphatic carbocycles. The molecule has 5 heteroatoms. The predicted molar refractivity (Wildman–Crippen MR) is 83.5 cm³/mol. The summed E-state index contributed by atoms with van der Waals surface area (Å²) in [5.74, 6) is 2.50. The number of anilines is 2. The molecule has 2 aromatic carbocycles. The zero-order chi connectivity index (χ0) is 14.5. The van der Waals surface area contributed by atoms with Gasteiger partial charge in [0.2, 0.25) is 0 Å². The van der Waals surface area contributed by atoms with Gasteiger partial charge in [-0.15, -0.1) is 6.42 Å². The van der Waals surface area contributed by atoms with Crippen LogP contribution in [0.2, 0.25) is 10.0 Å². The molecule has 2 N–H and O–H groups in total. The Morgan fingerprint density at radius 3 is 2.05 bits per heavy atom. The van der Waals surface area contributed by atoms with Crippen LogP contribution in [0, 0.1) is 12.3 Å². The SMILES string of the molecule is C#Cc1ccc(NC(=O)Nc2cc(Cl)cc(Cl)c2)cc1. The number of carbonyl (C=O) groups is 1. The largest absolute Gasteiger partial charge is 0.323 e. The summed E-state index contributed by atoms with van der Waals surface area (Å²) in [6, 6.07) is 11.3. The molecule has 0 spiro atoms. The summed E-state index contributed by atoms with van der Waals surface area (Å²) in [5.41, 5.74) is 1.90. The van der Waals surface area contributed by atoms with Gasteiger partial charge >= 0.3 is 6.03 Å². The number of hydrogen-bond donors (Lipinski definition) is 2. The first-order valence-corrected chi connectivity index (χ1v) is 6.43. The first-order valence-electron chi connectivity index (χ1n) is 5.67. The van der Waals surface area contributed by atoms with Crippen LogP contribution in [0.4, 0.5) is 16.2 Å². The van der Waals surface area contributed by atoms with Gasteiger partial charge in [-0.1, -0.05) is 29.1 Å². The quantitative estimate of drug-likeness (QED) is 0.781. The average Bonchev–Trinajstić information content (AvgIpc) is 2.38. The molecule has 0 radical (unpaired) electrons. The Hall–Kier alpha value is -2.15. The van der Waals surface area contributed by atoms with Gasteiger partial charge in [-0.25, -0.2) is 4.79 Å². The van der Waals surface area contributed by atoms with E-state index in [4.69, 9.17) is 29.6 Å². The Kier molecular flexibility index (Phi) is 4.52. The van der Waals surface area contributed by atoms with E-state index in [0.29, 0.717) is 21.4 Å². The van der Waals surface area contributed by atoms with E-state index in [1.54, 1.807) is 42.5 Å². The van der Waals surface area contributed by atoms with Crippen molar-refractivity contribution in [2.24, 2.45) is 0 Å². The third-order valence-corrected chi connectivity index (χ3v) is 2.87. The maximum atomic E-state index is 11.8. The normalized spacial score (nSPS) is 9.65. The predicted octanol–water partition coefficient (Wildman–Crippen LogP) is 4.62. The van der Waals surface area contributed by atoms with Gasteiger partial charge in [0.15, 0.2) is 0 Å². The van der Waals surface area contributed by atoms with Gasteiger partial charge in [0.1, 0.15) is 0 Å². The second-order valence-corrected chi connectivity index (χ2v) is 4.83. The number of carbonyl (C=O) groups excluding carboxylic acids is 1. The van der Waals surface area contributed by atoms with Crippen molar-refractivity contribution in [3.63, 3.8) is 0 Å². The topological polar surface area (TPSA) is 41.1 Å². The highest BCUT2D eigenvalue weighted by Crippen LogP contribution is 2.22. The van der Waals surface area contributed by atoms with Crippen LogP contribution in [0.5, 0.6) is 0 Å². The number of amides is 2. The molecular weight excluding hydrogens is 295 g/mol. The van der Waals surface area contributed by atoms with Crippen molar-refractivity contribution in [2.75, 3.05) is 10.6 Å². The van der Waals surface area contributed by atoms with Gasteiger partial charge in [-0.05, 0) is 42.5 Å². The smallest absolute Gasteiger partial charge is 0.308 e. The first-order chi connectivity index (χ1) is 9.56. The Bertz CT molecular complexity index is 655. The fourth-order valence-electron chi connectivity index (χ4n) is 1.57. The molecule has 2 rings (SSSR count). The van der Waals surface area contributed by atoms with Crippen LogP contribution in [-0.2, 0) is 0 Å². The summed E-state index contributed by atoms with van der Waals surface area (Å²) in [6.07, 6.45) is 5.26. The Morgan fingerprint density at radius 2 is 1.50 bits per heavy atom. The van der Waals surface area contributed by atoms with Gasteiger partial charge in [0.05, 0.1) is 0 Å². The lowest BCUT2D eigenvalue weighted by Crippen LogP contribution is -2.19. The summed E-state index contributed by atoms with van der Waals surface area (Å²) >= 11 is 11.7. The number of terminal acetylenes is 1. The third-order valence-electron chi connectivity index (χ3n) is 2.43. The molecule has 0 atom stereocenters. The van der Waals surface area contributed by atoms with Crippen molar-refractivity contribution in [3.05, 3.63) is 58.1 Å². The monoisotopic (exact) mass is 304 g/mol. The van der Waals surface area contributed by atoms with Gasteiger partial charge in [0.25, 0.3) is 0 Å². The van der Waals surface area contributed by atoms with Crippen LogP contribution >= 0.6 is 23.2 Å². The van der Waals surface area contributed by atoms with Gasteiger partial charge in [-0.2, -0.15) is 0 Å². The second-order valence-electron chi connectivity index (χ2n) is 3.96. The lowest BCUT2D eigenvalue weighted by molar-refractivity contribution is 0.262.